The van der Waals surface area contributed by atoms with Gasteiger partial charge in [0.1, 0.15) is 0 Å². The third-order valence-electron chi connectivity index (χ3n) is 7.53. The predicted molar refractivity (Wildman–Crippen MR) is 85.5 cm³/mol. The fraction of sp³-hybridized carbons (Fsp3) is 0.842. The summed E-state index contributed by atoms with van der Waals surface area (Å²) in [4.78, 5) is 11.8. The van der Waals surface area contributed by atoms with E-state index in [1.807, 2.05) is 6.92 Å². The number of hydrogen-bond donors (Lipinski definition) is 0. The Morgan fingerprint density at radius 2 is 2.09 bits per heavy atom. The maximum atomic E-state index is 11.8. The molecule has 4 aliphatic carbocycles. The van der Waals surface area contributed by atoms with E-state index in [2.05, 4.69) is 6.92 Å². The average Bonchev–Trinajstić information content (AvgIpc) is 2.89. The summed E-state index contributed by atoms with van der Waals surface area (Å²) in [5.74, 6) is 2.89. The van der Waals surface area contributed by atoms with Crippen molar-refractivity contribution in [2.75, 3.05) is 20.8 Å². The Balaban J connectivity index is 1.52. The van der Waals surface area contributed by atoms with Gasteiger partial charge < -0.3 is 14.2 Å². The quantitative estimate of drug-likeness (QED) is 0.730. The van der Waals surface area contributed by atoms with Crippen LogP contribution in [0.5, 0.6) is 0 Å². The Kier molecular flexibility index (Phi) is 3.44. The van der Waals surface area contributed by atoms with Crippen LogP contribution in [-0.4, -0.2) is 32.4 Å². The van der Waals surface area contributed by atoms with E-state index < -0.39 is 5.79 Å². The van der Waals surface area contributed by atoms with Gasteiger partial charge in [-0.25, -0.2) is 0 Å². The van der Waals surface area contributed by atoms with Gasteiger partial charge in [0.2, 0.25) is 5.79 Å². The van der Waals surface area contributed by atoms with Gasteiger partial charge in [0, 0.05) is 25.5 Å². The Hall–Kier alpha value is -0.870. The first-order valence-corrected chi connectivity index (χ1v) is 8.92. The molecule has 3 fully saturated rings. The minimum atomic E-state index is -0.908. The zero-order valence-corrected chi connectivity index (χ0v) is 14.6. The molecule has 4 nitrogen and oxygen atoms in total. The first-order valence-electron chi connectivity index (χ1n) is 8.92. The molecule has 4 aliphatic rings. The van der Waals surface area contributed by atoms with Gasteiger partial charge in [-0.1, -0.05) is 13.8 Å². The zero-order chi connectivity index (χ0) is 16.4. The summed E-state index contributed by atoms with van der Waals surface area (Å²) in [7, 11) is 3.24. The molecule has 0 amide bonds. The van der Waals surface area contributed by atoms with Crippen LogP contribution in [0.1, 0.15) is 39.5 Å². The first kappa shape index (κ1) is 15.6. The molecule has 0 N–H and O–H groups in total. The van der Waals surface area contributed by atoms with Gasteiger partial charge in [-0.2, -0.15) is 0 Å². The highest BCUT2D eigenvalue weighted by Gasteiger charge is 2.67. The second-order valence-electron chi connectivity index (χ2n) is 8.38. The molecule has 128 valence electrons. The molecule has 4 heteroatoms. The maximum Gasteiger partial charge on any atom is 0.230 e. The number of carbonyl (C=O) groups excluding carboxylic acids is 1. The third-order valence-corrected chi connectivity index (χ3v) is 7.53. The molecule has 0 spiro atoms. The SMILES string of the molecule is COC1=CC(=O)CC(C)C1(OC)OCC1C2C[C@H]3C[C@@H]1C3(C)C2. The fourth-order valence-corrected chi connectivity index (χ4v) is 6.24. The minimum Gasteiger partial charge on any atom is -0.495 e. The van der Waals surface area contributed by atoms with Gasteiger partial charge in [0.05, 0.1) is 13.7 Å². The van der Waals surface area contributed by atoms with E-state index in [1.54, 1.807) is 20.3 Å². The van der Waals surface area contributed by atoms with E-state index in [0.29, 0.717) is 30.1 Å². The second-order valence-corrected chi connectivity index (χ2v) is 8.38. The van der Waals surface area contributed by atoms with Crippen molar-refractivity contribution in [2.24, 2.45) is 35.0 Å². The molecular formula is C19H28O4. The number of ether oxygens (including phenoxy) is 3. The van der Waals surface area contributed by atoms with Crippen LogP contribution in [0.2, 0.25) is 0 Å². The monoisotopic (exact) mass is 320 g/mol. The summed E-state index contributed by atoms with van der Waals surface area (Å²) >= 11 is 0. The molecule has 5 unspecified atom stereocenters. The number of allylic oxidation sites excluding steroid dienone is 1. The number of fused-ring (bicyclic) bond motifs is 1. The molecule has 0 heterocycles. The van der Waals surface area contributed by atoms with Gasteiger partial charge in [-0.05, 0) is 48.3 Å². The number of ketones is 1. The number of rotatable bonds is 5. The highest BCUT2D eigenvalue weighted by atomic mass is 16.7. The molecular weight excluding hydrogens is 292 g/mol. The smallest absolute Gasteiger partial charge is 0.230 e. The van der Waals surface area contributed by atoms with Crippen LogP contribution < -0.4 is 0 Å². The van der Waals surface area contributed by atoms with Crippen molar-refractivity contribution in [2.45, 2.75) is 45.3 Å². The van der Waals surface area contributed by atoms with E-state index >= 15 is 0 Å². The van der Waals surface area contributed by atoms with Gasteiger partial charge in [-0.15, -0.1) is 0 Å². The molecule has 2 bridgehead atoms. The highest BCUT2D eigenvalue weighted by Crippen LogP contribution is 2.73. The van der Waals surface area contributed by atoms with Gasteiger partial charge in [0.15, 0.2) is 11.5 Å². The van der Waals surface area contributed by atoms with Gasteiger partial charge in [0.25, 0.3) is 0 Å². The lowest BCUT2D eigenvalue weighted by atomic mass is 9.51. The van der Waals surface area contributed by atoms with Crippen molar-refractivity contribution >= 4 is 5.78 Å². The third kappa shape index (κ3) is 1.94. The van der Waals surface area contributed by atoms with Crippen LogP contribution in [0.4, 0.5) is 0 Å². The van der Waals surface area contributed by atoms with Crippen LogP contribution in [-0.2, 0) is 19.0 Å². The van der Waals surface area contributed by atoms with Crippen LogP contribution in [0, 0.1) is 35.0 Å². The zero-order valence-electron chi connectivity index (χ0n) is 14.6. The van der Waals surface area contributed by atoms with E-state index in [-0.39, 0.29) is 11.7 Å². The van der Waals surface area contributed by atoms with Crippen LogP contribution in [0.3, 0.4) is 0 Å². The van der Waals surface area contributed by atoms with Crippen LogP contribution in [0.15, 0.2) is 11.8 Å². The van der Waals surface area contributed by atoms with Crippen molar-refractivity contribution in [3.05, 3.63) is 11.8 Å². The van der Waals surface area contributed by atoms with E-state index in [4.69, 9.17) is 14.2 Å². The van der Waals surface area contributed by atoms with E-state index in [1.165, 1.54) is 19.3 Å². The number of carbonyl (C=O) groups is 1. The minimum absolute atomic E-state index is 0.0386. The molecule has 3 saturated carbocycles. The van der Waals surface area contributed by atoms with Crippen LogP contribution in [0.25, 0.3) is 0 Å². The molecule has 0 aliphatic heterocycles. The number of hydrogen-bond acceptors (Lipinski definition) is 4. The van der Waals surface area contributed by atoms with Gasteiger partial charge >= 0.3 is 0 Å². The summed E-state index contributed by atoms with van der Waals surface area (Å²) < 4.78 is 17.6. The normalized spacial score (nSPS) is 50.7. The topological polar surface area (TPSA) is 44.8 Å². The van der Waals surface area contributed by atoms with Crippen molar-refractivity contribution in [1.82, 2.24) is 0 Å². The summed E-state index contributed by atoms with van der Waals surface area (Å²) in [6.45, 7) is 5.19. The molecule has 0 saturated heterocycles. The Morgan fingerprint density at radius 1 is 1.30 bits per heavy atom. The molecule has 0 aromatic carbocycles. The highest BCUT2D eigenvalue weighted by molar-refractivity contribution is 5.91. The molecule has 0 aromatic rings. The second kappa shape index (κ2) is 5.06. The Bertz CT molecular complexity index is 556. The average molecular weight is 320 g/mol. The van der Waals surface area contributed by atoms with Crippen molar-refractivity contribution in [3.63, 3.8) is 0 Å². The van der Waals surface area contributed by atoms with Crippen molar-refractivity contribution < 1.29 is 19.0 Å². The lowest BCUT2D eigenvalue weighted by molar-refractivity contribution is -0.258. The van der Waals surface area contributed by atoms with Crippen molar-refractivity contribution in [3.8, 4) is 0 Å². The fourth-order valence-electron chi connectivity index (χ4n) is 6.24. The summed E-state index contributed by atoms with van der Waals surface area (Å²) in [6.07, 6.45) is 6.12. The Morgan fingerprint density at radius 3 is 2.65 bits per heavy atom. The van der Waals surface area contributed by atoms with E-state index in [9.17, 15) is 4.79 Å². The molecule has 23 heavy (non-hydrogen) atoms. The molecule has 7 atom stereocenters. The lowest BCUT2D eigenvalue weighted by Crippen LogP contribution is -2.52. The summed E-state index contributed by atoms with van der Waals surface area (Å²) in [5, 5.41) is 0. The summed E-state index contributed by atoms with van der Waals surface area (Å²) in [6, 6.07) is 0. The summed E-state index contributed by atoms with van der Waals surface area (Å²) in [5.41, 5.74) is 0.576. The maximum absolute atomic E-state index is 11.8. The molecule has 0 radical (unpaired) electrons. The van der Waals surface area contributed by atoms with Gasteiger partial charge in [-0.3, -0.25) is 4.79 Å². The lowest BCUT2D eigenvalue weighted by Gasteiger charge is -2.54. The first-order chi connectivity index (χ1) is 10.9. The van der Waals surface area contributed by atoms with E-state index in [0.717, 1.165) is 17.8 Å². The number of methoxy groups -OCH3 is 2. The largest absolute Gasteiger partial charge is 0.495 e. The predicted octanol–water partition coefficient (Wildman–Crippen LogP) is 3.17. The molecule has 0 aromatic heterocycles. The Labute approximate surface area is 138 Å². The van der Waals surface area contributed by atoms with Crippen LogP contribution >= 0.6 is 0 Å². The standard InChI is InChI=1S/C19H28O4/c1-11-5-14(20)8-17(21-3)19(11,22-4)23-10-15-12-6-13-7-16(15)18(13,2)9-12/h8,11-13,15-16H,5-7,9-10H2,1-4H3/t11?,12?,13-,15?,16-,18?,19?/m0/s1. The van der Waals surface area contributed by atoms with Crippen molar-refractivity contribution in [1.29, 1.82) is 0 Å². The molecule has 4 rings (SSSR count).